The molecule has 0 aliphatic heterocycles. The summed E-state index contributed by atoms with van der Waals surface area (Å²) in [5.41, 5.74) is 1.70. The number of hydrogen-bond donors (Lipinski definition) is 1. The van der Waals surface area contributed by atoms with Crippen LogP contribution < -0.4 is 0 Å². The van der Waals surface area contributed by atoms with Gasteiger partial charge >= 0.3 is 0 Å². The van der Waals surface area contributed by atoms with Crippen molar-refractivity contribution in [3.05, 3.63) is 45.7 Å². The zero-order valence-electron chi connectivity index (χ0n) is 15.4. The van der Waals surface area contributed by atoms with Gasteiger partial charge < -0.3 is 9.90 Å². The summed E-state index contributed by atoms with van der Waals surface area (Å²) in [6, 6.07) is 0. The molecule has 140 valence electrons. The van der Waals surface area contributed by atoms with E-state index >= 15 is 0 Å². The maximum absolute atomic E-state index is 11.2. The lowest BCUT2D eigenvalue weighted by Gasteiger charge is -2.58. The van der Waals surface area contributed by atoms with Gasteiger partial charge in [0.25, 0.3) is 0 Å². The Labute approximate surface area is 154 Å². The molecule has 4 rings (SSSR count). The van der Waals surface area contributed by atoms with Crippen molar-refractivity contribution in [2.45, 2.75) is 52.1 Å². The Morgan fingerprint density at radius 1 is 1.31 bits per heavy atom. The van der Waals surface area contributed by atoms with E-state index in [0.29, 0.717) is 18.3 Å². The van der Waals surface area contributed by atoms with Gasteiger partial charge in [0.15, 0.2) is 0 Å². The third-order valence-electron chi connectivity index (χ3n) is 7.91. The lowest BCUT2D eigenvalue weighted by molar-refractivity contribution is -0.404. The quantitative estimate of drug-likeness (QED) is 0.354. The molecule has 1 unspecified atom stereocenters. The number of hydrogen-bond acceptors (Lipinski definition) is 4. The predicted octanol–water partition coefficient (Wildman–Crippen LogP) is 3.67. The van der Waals surface area contributed by atoms with Crippen LogP contribution in [0.1, 0.15) is 46.0 Å². The molecule has 0 bridgehead atoms. The van der Waals surface area contributed by atoms with Gasteiger partial charge in [0.05, 0.1) is 16.9 Å². The number of carbonyl (C=O) groups is 1. The van der Waals surface area contributed by atoms with Crippen LogP contribution >= 0.6 is 0 Å². The summed E-state index contributed by atoms with van der Waals surface area (Å²) < 4.78 is 0. The average Bonchev–Trinajstić information content (AvgIpc) is 2.89. The van der Waals surface area contributed by atoms with Crippen LogP contribution in [0.3, 0.4) is 0 Å². The molecule has 26 heavy (non-hydrogen) atoms. The molecule has 3 saturated carbocycles. The molecule has 5 heteroatoms. The fourth-order valence-corrected chi connectivity index (χ4v) is 6.75. The maximum atomic E-state index is 11.2. The van der Waals surface area contributed by atoms with E-state index in [1.807, 2.05) is 6.08 Å². The SMILES string of the molecule is C[C@]12C=CC(C=O)C=C1CC[C@@H]1[C@@H]2[C@H](O)C[C@]2(C)C(=C[N+](=O)[O-])CC[C@@H]12. The van der Waals surface area contributed by atoms with Crippen molar-refractivity contribution in [3.63, 3.8) is 0 Å². The number of allylic oxidation sites excluding steroid dienone is 5. The van der Waals surface area contributed by atoms with Crippen molar-refractivity contribution in [3.8, 4) is 0 Å². The molecule has 4 aliphatic rings. The lowest BCUT2D eigenvalue weighted by atomic mass is 9.47. The molecule has 0 aromatic carbocycles. The molecule has 0 aromatic rings. The standard InChI is InChI=1S/C21H27NO4/c1-20-8-7-13(12-23)9-14(20)3-5-16-17-6-4-15(11-22(25)26)21(17,2)10-18(24)19(16)20/h7-9,11-13,16-19,24H,3-6,10H2,1-2H3/t13?,16-,17-,18+,19+,20-,21+/m0/s1. The number of aldehydes is 1. The minimum atomic E-state index is -0.486. The molecule has 1 N–H and O–H groups in total. The molecular formula is C21H27NO4. The summed E-state index contributed by atoms with van der Waals surface area (Å²) >= 11 is 0. The van der Waals surface area contributed by atoms with Crippen LogP contribution in [0, 0.1) is 44.6 Å². The van der Waals surface area contributed by atoms with Gasteiger partial charge in [-0.15, -0.1) is 0 Å². The van der Waals surface area contributed by atoms with E-state index in [1.54, 1.807) is 0 Å². The van der Waals surface area contributed by atoms with Gasteiger partial charge in [0.1, 0.15) is 6.29 Å². The minimum Gasteiger partial charge on any atom is -0.393 e. The summed E-state index contributed by atoms with van der Waals surface area (Å²) in [6.45, 7) is 4.31. The normalized spacial score (nSPS) is 48.3. The molecule has 4 aliphatic carbocycles. The lowest BCUT2D eigenvalue weighted by Crippen LogP contribution is -2.55. The van der Waals surface area contributed by atoms with E-state index in [-0.39, 0.29) is 27.6 Å². The maximum Gasteiger partial charge on any atom is 0.234 e. The Bertz CT molecular complexity index is 738. The first kappa shape index (κ1) is 17.7. The smallest absolute Gasteiger partial charge is 0.234 e. The number of aliphatic hydroxyl groups is 1. The molecule has 5 nitrogen and oxygen atoms in total. The van der Waals surface area contributed by atoms with Crippen LogP contribution in [0.2, 0.25) is 0 Å². The van der Waals surface area contributed by atoms with Crippen molar-refractivity contribution in [2.75, 3.05) is 0 Å². The van der Waals surface area contributed by atoms with Crippen LogP contribution in [-0.2, 0) is 4.79 Å². The van der Waals surface area contributed by atoms with E-state index in [2.05, 4.69) is 26.0 Å². The summed E-state index contributed by atoms with van der Waals surface area (Å²) in [4.78, 5) is 21.9. The number of aliphatic hydroxyl groups excluding tert-OH is 1. The molecule has 0 amide bonds. The Morgan fingerprint density at radius 2 is 2.08 bits per heavy atom. The fourth-order valence-electron chi connectivity index (χ4n) is 6.75. The molecule has 0 spiro atoms. The molecular weight excluding hydrogens is 330 g/mol. The van der Waals surface area contributed by atoms with Crippen molar-refractivity contribution in [1.82, 2.24) is 0 Å². The molecule has 0 heterocycles. The Kier molecular flexibility index (Phi) is 3.99. The first-order valence-electron chi connectivity index (χ1n) is 9.68. The Balaban J connectivity index is 1.71. The van der Waals surface area contributed by atoms with E-state index in [1.165, 1.54) is 11.8 Å². The van der Waals surface area contributed by atoms with E-state index in [0.717, 1.165) is 37.5 Å². The van der Waals surface area contributed by atoms with E-state index < -0.39 is 6.10 Å². The number of rotatable bonds is 2. The third kappa shape index (κ3) is 2.36. The van der Waals surface area contributed by atoms with Gasteiger partial charge in [0.2, 0.25) is 6.20 Å². The highest BCUT2D eigenvalue weighted by Crippen LogP contribution is 2.65. The molecule has 0 saturated heterocycles. The van der Waals surface area contributed by atoms with Gasteiger partial charge in [-0.25, -0.2) is 0 Å². The summed E-state index contributed by atoms with van der Waals surface area (Å²) in [5, 5.41) is 22.2. The van der Waals surface area contributed by atoms with Crippen LogP contribution in [0.25, 0.3) is 0 Å². The van der Waals surface area contributed by atoms with Crippen molar-refractivity contribution in [2.24, 2.45) is 34.5 Å². The van der Waals surface area contributed by atoms with Gasteiger partial charge in [-0.3, -0.25) is 10.1 Å². The highest BCUT2D eigenvalue weighted by atomic mass is 16.6. The third-order valence-corrected chi connectivity index (χ3v) is 7.91. The van der Waals surface area contributed by atoms with Gasteiger partial charge in [-0.2, -0.15) is 0 Å². The van der Waals surface area contributed by atoms with Gasteiger partial charge in [-0.1, -0.05) is 37.6 Å². The second kappa shape index (κ2) is 5.88. The van der Waals surface area contributed by atoms with Crippen molar-refractivity contribution >= 4 is 6.29 Å². The van der Waals surface area contributed by atoms with Crippen LogP contribution in [0.4, 0.5) is 0 Å². The van der Waals surface area contributed by atoms with Gasteiger partial charge in [-0.05, 0) is 43.9 Å². The summed E-state index contributed by atoms with van der Waals surface area (Å²) in [5.74, 6) is 0.722. The first-order chi connectivity index (χ1) is 12.3. The van der Waals surface area contributed by atoms with Crippen LogP contribution in [0.15, 0.2) is 35.6 Å². The monoisotopic (exact) mass is 357 g/mol. The molecule has 3 fully saturated rings. The summed E-state index contributed by atoms with van der Waals surface area (Å²) in [7, 11) is 0. The number of fused-ring (bicyclic) bond motifs is 5. The highest BCUT2D eigenvalue weighted by molar-refractivity contribution is 5.62. The zero-order chi connectivity index (χ0) is 18.7. The minimum absolute atomic E-state index is 0.124. The first-order valence-corrected chi connectivity index (χ1v) is 9.68. The molecule has 0 aromatic heterocycles. The van der Waals surface area contributed by atoms with E-state index in [4.69, 9.17) is 0 Å². The second-order valence-electron chi connectivity index (χ2n) is 9.05. The predicted molar refractivity (Wildman–Crippen MR) is 97.6 cm³/mol. The van der Waals surface area contributed by atoms with Crippen molar-refractivity contribution < 1.29 is 14.8 Å². The highest BCUT2D eigenvalue weighted by Gasteiger charge is 2.60. The topological polar surface area (TPSA) is 80.4 Å². The van der Waals surface area contributed by atoms with Crippen molar-refractivity contribution in [1.29, 1.82) is 0 Å². The second-order valence-corrected chi connectivity index (χ2v) is 9.05. The van der Waals surface area contributed by atoms with Crippen LogP contribution in [-0.4, -0.2) is 22.4 Å². The van der Waals surface area contributed by atoms with Crippen LogP contribution in [0.5, 0.6) is 0 Å². The summed E-state index contributed by atoms with van der Waals surface area (Å²) in [6.07, 6.45) is 12.1. The number of carbonyl (C=O) groups excluding carboxylic acids is 1. The Morgan fingerprint density at radius 3 is 2.77 bits per heavy atom. The average molecular weight is 357 g/mol. The van der Waals surface area contributed by atoms with Gasteiger partial charge in [0, 0.05) is 22.3 Å². The van der Waals surface area contributed by atoms with E-state index in [9.17, 15) is 20.0 Å². The number of nitrogens with zero attached hydrogens (tertiary/aromatic N) is 1. The zero-order valence-corrected chi connectivity index (χ0v) is 15.4. The molecule has 0 radical (unpaired) electrons. The Hall–Kier alpha value is -1.75. The number of nitro groups is 1. The molecule has 7 atom stereocenters. The largest absolute Gasteiger partial charge is 0.393 e. The fraction of sp³-hybridized carbons (Fsp3) is 0.667.